The van der Waals surface area contributed by atoms with Gasteiger partial charge in [-0.1, -0.05) is 39.0 Å². The van der Waals surface area contributed by atoms with Crippen molar-refractivity contribution in [2.45, 2.75) is 64.4 Å². The third-order valence-electron chi connectivity index (χ3n) is 3.46. The van der Waals surface area contributed by atoms with Gasteiger partial charge >= 0.3 is 0 Å². The molecule has 0 aromatic carbocycles. The van der Waals surface area contributed by atoms with Gasteiger partial charge in [-0.3, -0.25) is 0 Å². The van der Waals surface area contributed by atoms with Crippen molar-refractivity contribution >= 4 is 0 Å². The van der Waals surface area contributed by atoms with Crippen molar-refractivity contribution in [1.82, 2.24) is 5.32 Å². The molecule has 1 fully saturated rings. The van der Waals surface area contributed by atoms with Crippen LogP contribution in [0.1, 0.15) is 58.3 Å². The smallest absolute Gasteiger partial charge is 0.0700 e. The highest BCUT2D eigenvalue weighted by Gasteiger charge is 2.13. The van der Waals surface area contributed by atoms with E-state index in [1.165, 1.54) is 51.4 Å². The number of unbranched alkanes of at least 4 members (excludes halogenated alkanes) is 5. The summed E-state index contributed by atoms with van der Waals surface area (Å²) < 4.78 is 11.1. The summed E-state index contributed by atoms with van der Waals surface area (Å²) in [6, 6.07) is 0. The standard InChI is InChI=1S/C15H31NO2/c1-2-3-4-5-6-7-11-17-13-10-16-14-15-9-8-12-18-15/h15-16H,2-14H2,1H3. The van der Waals surface area contributed by atoms with Crippen molar-refractivity contribution in [3.63, 3.8) is 0 Å². The minimum Gasteiger partial charge on any atom is -0.380 e. The van der Waals surface area contributed by atoms with Gasteiger partial charge < -0.3 is 14.8 Å². The maximum Gasteiger partial charge on any atom is 0.0700 e. The Morgan fingerprint density at radius 3 is 2.72 bits per heavy atom. The summed E-state index contributed by atoms with van der Waals surface area (Å²) in [4.78, 5) is 0. The highest BCUT2D eigenvalue weighted by Crippen LogP contribution is 2.10. The highest BCUT2D eigenvalue weighted by molar-refractivity contribution is 4.66. The number of hydrogen-bond acceptors (Lipinski definition) is 3. The summed E-state index contributed by atoms with van der Waals surface area (Å²) in [6.45, 7) is 6.90. The molecule has 1 atom stereocenters. The zero-order chi connectivity index (χ0) is 12.9. The Labute approximate surface area is 113 Å². The van der Waals surface area contributed by atoms with Crippen molar-refractivity contribution in [2.24, 2.45) is 0 Å². The SMILES string of the molecule is CCCCCCCCOCCNCC1CCCO1. The van der Waals surface area contributed by atoms with Crippen molar-refractivity contribution in [3.05, 3.63) is 0 Å². The molecule has 3 nitrogen and oxygen atoms in total. The van der Waals surface area contributed by atoms with E-state index in [-0.39, 0.29) is 0 Å². The Morgan fingerprint density at radius 1 is 1.11 bits per heavy atom. The van der Waals surface area contributed by atoms with Gasteiger partial charge in [-0.15, -0.1) is 0 Å². The van der Waals surface area contributed by atoms with E-state index in [9.17, 15) is 0 Å². The van der Waals surface area contributed by atoms with Gasteiger partial charge in [0, 0.05) is 26.3 Å². The van der Waals surface area contributed by atoms with Gasteiger partial charge in [-0.05, 0) is 19.3 Å². The predicted molar refractivity (Wildman–Crippen MR) is 76.0 cm³/mol. The molecule has 3 heteroatoms. The third-order valence-corrected chi connectivity index (χ3v) is 3.46. The van der Waals surface area contributed by atoms with Gasteiger partial charge in [0.05, 0.1) is 12.7 Å². The van der Waals surface area contributed by atoms with Crippen LogP contribution >= 0.6 is 0 Å². The van der Waals surface area contributed by atoms with Crippen LogP contribution in [0.4, 0.5) is 0 Å². The van der Waals surface area contributed by atoms with E-state index in [0.717, 1.165) is 32.9 Å². The van der Waals surface area contributed by atoms with Crippen LogP contribution in [0.2, 0.25) is 0 Å². The lowest BCUT2D eigenvalue weighted by atomic mass is 10.1. The molecule has 0 radical (unpaired) electrons. The fraction of sp³-hybridized carbons (Fsp3) is 1.00. The fourth-order valence-corrected chi connectivity index (χ4v) is 2.30. The van der Waals surface area contributed by atoms with Crippen LogP contribution in [0.3, 0.4) is 0 Å². The number of ether oxygens (including phenoxy) is 2. The summed E-state index contributed by atoms with van der Waals surface area (Å²) >= 11 is 0. The average Bonchev–Trinajstić information content (AvgIpc) is 2.89. The average molecular weight is 257 g/mol. The molecule has 0 saturated carbocycles. The van der Waals surface area contributed by atoms with Crippen molar-refractivity contribution in [1.29, 1.82) is 0 Å². The number of nitrogens with one attached hydrogen (secondary N) is 1. The van der Waals surface area contributed by atoms with Crippen LogP contribution in [0.5, 0.6) is 0 Å². The molecule has 0 aliphatic carbocycles. The molecule has 0 aromatic heterocycles. The first kappa shape index (κ1) is 15.9. The van der Waals surface area contributed by atoms with Gasteiger partial charge in [0.25, 0.3) is 0 Å². The molecule has 108 valence electrons. The molecule has 1 unspecified atom stereocenters. The zero-order valence-electron chi connectivity index (χ0n) is 12.1. The molecule has 1 aliphatic heterocycles. The Balaban J connectivity index is 1.68. The number of rotatable bonds is 12. The Morgan fingerprint density at radius 2 is 1.94 bits per heavy atom. The minimum atomic E-state index is 0.448. The Kier molecular flexibility index (Phi) is 10.6. The monoisotopic (exact) mass is 257 g/mol. The van der Waals surface area contributed by atoms with Crippen molar-refractivity contribution < 1.29 is 9.47 Å². The lowest BCUT2D eigenvalue weighted by Gasteiger charge is -2.10. The maximum absolute atomic E-state index is 5.60. The third kappa shape index (κ3) is 8.90. The lowest BCUT2D eigenvalue weighted by Crippen LogP contribution is -2.29. The van der Waals surface area contributed by atoms with E-state index in [0.29, 0.717) is 6.10 Å². The van der Waals surface area contributed by atoms with Gasteiger partial charge in [0.15, 0.2) is 0 Å². The molecular formula is C15H31NO2. The molecule has 0 spiro atoms. The normalized spacial score (nSPS) is 19.5. The molecule has 1 N–H and O–H groups in total. The first-order valence-electron chi connectivity index (χ1n) is 7.83. The quantitative estimate of drug-likeness (QED) is 0.545. The first-order valence-corrected chi connectivity index (χ1v) is 7.83. The van der Waals surface area contributed by atoms with Crippen LogP contribution < -0.4 is 5.32 Å². The number of hydrogen-bond donors (Lipinski definition) is 1. The van der Waals surface area contributed by atoms with Gasteiger partial charge in [0.1, 0.15) is 0 Å². The largest absolute Gasteiger partial charge is 0.380 e. The van der Waals surface area contributed by atoms with E-state index in [1.807, 2.05) is 0 Å². The van der Waals surface area contributed by atoms with Gasteiger partial charge in [0.2, 0.25) is 0 Å². The molecule has 18 heavy (non-hydrogen) atoms. The molecule has 0 amide bonds. The van der Waals surface area contributed by atoms with E-state index < -0.39 is 0 Å². The summed E-state index contributed by atoms with van der Waals surface area (Å²) in [7, 11) is 0. The Hall–Kier alpha value is -0.120. The van der Waals surface area contributed by atoms with E-state index >= 15 is 0 Å². The van der Waals surface area contributed by atoms with Crippen LogP contribution in [0.25, 0.3) is 0 Å². The molecule has 1 rings (SSSR count). The van der Waals surface area contributed by atoms with Crippen LogP contribution in [0, 0.1) is 0 Å². The maximum atomic E-state index is 5.60. The fourth-order valence-electron chi connectivity index (χ4n) is 2.30. The molecular weight excluding hydrogens is 226 g/mol. The van der Waals surface area contributed by atoms with Crippen molar-refractivity contribution in [2.75, 3.05) is 32.9 Å². The minimum absolute atomic E-state index is 0.448. The molecule has 1 saturated heterocycles. The second-order valence-electron chi connectivity index (χ2n) is 5.22. The van der Waals surface area contributed by atoms with Crippen LogP contribution in [-0.2, 0) is 9.47 Å². The van der Waals surface area contributed by atoms with E-state index in [1.54, 1.807) is 0 Å². The van der Waals surface area contributed by atoms with Gasteiger partial charge in [-0.2, -0.15) is 0 Å². The van der Waals surface area contributed by atoms with Gasteiger partial charge in [-0.25, -0.2) is 0 Å². The molecule has 1 heterocycles. The summed E-state index contributed by atoms with van der Waals surface area (Å²) in [5.74, 6) is 0. The summed E-state index contributed by atoms with van der Waals surface area (Å²) in [5, 5.41) is 3.40. The predicted octanol–water partition coefficient (Wildman–Crippen LogP) is 3.13. The summed E-state index contributed by atoms with van der Waals surface area (Å²) in [5.41, 5.74) is 0. The topological polar surface area (TPSA) is 30.5 Å². The summed E-state index contributed by atoms with van der Waals surface area (Å²) in [6.07, 6.45) is 10.9. The highest BCUT2D eigenvalue weighted by atomic mass is 16.5. The van der Waals surface area contributed by atoms with Crippen LogP contribution in [-0.4, -0.2) is 39.0 Å². The second kappa shape index (κ2) is 11.9. The first-order chi connectivity index (χ1) is 8.93. The molecule has 0 bridgehead atoms. The molecule has 0 aromatic rings. The molecule has 1 aliphatic rings. The van der Waals surface area contributed by atoms with Crippen molar-refractivity contribution in [3.8, 4) is 0 Å². The zero-order valence-corrected chi connectivity index (χ0v) is 12.1. The van der Waals surface area contributed by atoms with E-state index in [4.69, 9.17) is 9.47 Å². The van der Waals surface area contributed by atoms with E-state index in [2.05, 4.69) is 12.2 Å². The lowest BCUT2D eigenvalue weighted by molar-refractivity contribution is 0.101. The Bertz CT molecular complexity index is 170. The second-order valence-corrected chi connectivity index (χ2v) is 5.22. The van der Waals surface area contributed by atoms with Crippen LogP contribution in [0.15, 0.2) is 0 Å².